The van der Waals surface area contributed by atoms with Gasteiger partial charge in [-0.15, -0.1) is 0 Å². The molecule has 4 aromatic rings. The normalized spacial score (nSPS) is 17.9. The van der Waals surface area contributed by atoms with Crippen molar-refractivity contribution in [3.8, 4) is 22.4 Å². The molecule has 0 radical (unpaired) electrons. The van der Waals surface area contributed by atoms with Gasteiger partial charge in [0.2, 0.25) is 5.95 Å². The number of nitrogens with one attached hydrogen (secondary N) is 1. The number of hydrogen-bond donors (Lipinski definition) is 2. The largest absolute Gasteiger partial charge is 0.354 e. The van der Waals surface area contributed by atoms with Gasteiger partial charge in [-0.2, -0.15) is 15.2 Å². The fraction of sp³-hybridized carbons (Fsp3) is 0.370. The summed E-state index contributed by atoms with van der Waals surface area (Å²) in [4.78, 5) is 23.1. The van der Waals surface area contributed by atoms with Gasteiger partial charge in [0, 0.05) is 52.4 Å². The third-order valence-electron chi connectivity index (χ3n) is 6.84. The van der Waals surface area contributed by atoms with E-state index in [-0.39, 0.29) is 11.6 Å². The number of rotatable bonds is 6. The monoisotopic (exact) mass is 503 g/mol. The quantitative estimate of drug-likeness (QED) is 0.387. The molecule has 0 unspecified atom stereocenters. The van der Waals surface area contributed by atoms with E-state index in [0.717, 1.165) is 47.9 Å². The Balaban J connectivity index is 1.61. The van der Waals surface area contributed by atoms with Gasteiger partial charge in [-0.05, 0) is 69.2 Å². The van der Waals surface area contributed by atoms with Crippen molar-refractivity contribution in [1.29, 1.82) is 0 Å². The highest BCUT2D eigenvalue weighted by molar-refractivity contribution is 6.33. The molecule has 0 saturated heterocycles. The molecule has 0 aliphatic heterocycles. The van der Waals surface area contributed by atoms with Crippen LogP contribution < -0.4 is 16.6 Å². The van der Waals surface area contributed by atoms with Crippen LogP contribution in [-0.4, -0.2) is 37.3 Å². The molecule has 1 aromatic carbocycles. The van der Waals surface area contributed by atoms with E-state index in [4.69, 9.17) is 22.3 Å². The zero-order chi connectivity index (χ0) is 25.2. The van der Waals surface area contributed by atoms with Crippen LogP contribution in [0.15, 0.2) is 47.5 Å². The Labute approximate surface area is 215 Å². The molecule has 1 saturated carbocycles. The molecule has 1 fully saturated rings. The molecular formula is C27H30ClN7O. The number of hydrogen-bond acceptors (Lipinski definition) is 7. The van der Waals surface area contributed by atoms with Crippen LogP contribution >= 0.6 is 11.6 Å². The molecule has 186 valence electrons. The van der Waals surface area contributed by atoms with Crippen LogP contribution in [0.5, 0.6) is 0 Å². The van der Waals surface area contributed by atoms with E-state index < -0.39 is 0 Å². The molecule has 0 spiro atoms. The minimum absolute atomic E-state index is 0.108. The van der Waals surface area contributed by atoms with Crippen LogP contribution in [0.2, 0.25) is 5.02 Å². The maximum atomic E-state index is 13.9. The summed E-state index contributed by atoms with van der Waals surface area (Å²) in [5, 5.41) is 12.7. The predicted octanol–water partition coefficient (Wildman–Crippen LogP) is 4.83. The molecule has 3 aromatic heterocycles. The smallest absolute Gasteiger partial charge is 0.260 e. The van der Waals surface area contributed by atoms with Crippen LogP contribution in [-0.2, 0) is 6.54 Å². The maximum Gasteiger partial charge on any atom is 0.260 e. The van der Waals surface area contributed by atoms with E-state index >= 15 is 0 Å². The number of anilines is 1. The molecule has 9 heteroatoms. The molecular weight excluding hydrogens is 474 g/mol. The van der Waals surface area contributed by atoms with E-state index in [1.54, 1.807) is 17.0 Å². The summed E-state index contributed by atoms with van der Waals surface area (Å²) in [5.41, 5.74) is 10.4. The number of halogens is 1. The van der Waals surface area contributed by atoms with E-state index in [1.165, 1.54) is 0 Å². The third kappa shape index (κ3) is 4.96. The van der Waals surface area contributed by atoms with Gasteiger partial charge in [0.25, 0.3) is 5.56 Å². The van der Waals surface area contributed by atoms with Crippen molar-refractivity contribution in [1.82, 2.24) is 24.7 Å². The number of nitrogens with zero attached hydrogens (tertiary/aromatic N) is 5. The van der Waals surface area contributed by atoms with Crippen molar-refractivity contribution in [3.63, 3.8) is 0 Å². The molecule has 1 aliphatic carbocycles. The highest BCUT2D eigenvalue weighted by atomic mass is 35.5. The molecule has 5 rings (SSSR count). The molecule has 1 aliphatic rings. The Kier molecular flexibility index (Phi) is 6.98. The van der Waals surface area contributed by atoms with Gasteiger partial charge >= 0.3 is 0 Å². The van der Waals surface area contributed by atoms with Crippen molar-refractivity contribution < 1.29 is 0 Å². The minimum Gasteiger partial charge on any atom is -0.354 e. The van der Waals surface area contributed by atoms with Crippen LogP contribution in [0.1, 0.15) is 38.2 Å². The Morgan fingerprint density at radius 3 is 2.64 bits per heavy atom. The Hall–Kier alpha value is -3.36. The van der Waals surface area contributed by atoms with Crippen LogP contribution in [0.4, 0.5) is 5.95 Å². The minimum atomic E-state index is -0.108. The summed E-state index contributed by atoms with van der Waals surface area (Å²) in [6.07, 6.45) is 7.42. The van der Waals surface area contributed by atoms with Crippen LogP contribution in [0.25, 0.3) is 33.4 Å². The summed E-state index contributed by atoms with van der Waals surface area (Å²) in [6.45, 7) is 5.24. The first kappa shape index (κ1) is 24.3. The lowest BCUT2D eigenvalue weighted by Gasteiger charge is -2.27. The van der Waals surface area contributed by atoms with Gasteiger partial charge < -0.3 is 11.1 Å². The summed E-state index contributed by atoms with van der Waals surface area (Å²) in [5.74, 6) is 0.884. The fourth-order valence-corrected chi connectivity index (χ4v) is 5.17. The first-order valence-electron chi connectivity index (χ1n) is 12.4. The average molecular weight is 504 g/mol. The first-order valence-corrected chi connectivity index (χ1v) is 12.8. The fourth-order valence-electron chi connectivity index (χ4n) is 4.89. The first-order chi connectivity index (χ1) is 17.4. The van der Waals surface area contributed by atoms with Crippen molar-refractivity contribution >= 4 is 28.6 Å². The molecule has 0 bridgehead atoms. The highest BCUT2D eigenvalue weighted by Gasteiger charge is 2.22. The summed E-state index contributed by atoms with van der Waals surface area (Å²) >= 11 is 6.75. The maximum absolute atomic E-state index is 13.9. The van der Waals surface area contributed by atoms with E-state index in [1.807, 2.05) is 44.2 Å². The Bertz CT molecular complexity index is 1460. The summed E-state index contributed by atoms with van der Waals surface area (Å²) in [7, 11) is 0. The lowest BCUT2D eigenvalue weighted by atomic mass is 9.86. The molecule has 0 atom stereocenters. The van der Waals surface area contributed by atoms with Crippen molar-refractivity contribution in [3.05, 3.63) is 63.7 Å². The van der Waals surface area contributed by atoms with Crippen molar-refractivity contribution in [2.45, 2.75) is 52.1 Å². The molecule has 3 N–H and O–H groups in total. The van der Waals surface area contributed by atoms with Crippen molar-refractivity contribution in [2.24, 2.45) is 11.7 Å². The van der Waals surface area contributed by atoms with Gasteiger partial charge in [-0.3, -0.25) is 9.36 Å². The molecule has 36 heavy (non-hydrogen) atoms. The standard InChI is InChI=1S/C27H30ClN7O/c1-3-30-27-31-14-19-11-22(21-9-6-18(12-23(21)28)24-10-16(2)13-32-34-24)26(36)35(25(19)33-27)15-17-4-7-20(29)8-5-17/h6,9-14,17,20H,3-5,7-8,15,29H2,1-2H3,(H,30,31,33)/t17-,20-. The molecule has 0 amide bonds. The SMILES string of the molecule is CCNc1ncc2cc(-c3ccc(-c4cc(C)cnn4)cc3Cl)c(=O)n(C[C@H]3CC[C@H](N)CC3)c2n1. The van der Waals surface area contributed by atoms with E-state index in [9.17, 15) is 4.79 Å². The third-order valence-corrected chi connectivity index (χ3v) is 7.15. The highest BCUT2D eigenvalue weighted by Crippen LogP contribution is 2.32. The Morgan fingerprint density at radius 2 is 1.92 bits per heavy atom. The second kappa shape index (κ2) is 10.3. The number of pyridine rings is 1. The zero-order valence-electron chi connectivity index (χ0n) is 20.5. The summed E-state index contributed by atoms with van der Waals surface area (Å²) in [6, 6.07) is 9.68. The summed E-state index contributed by atoms with van der Waals surface area (Å²) < 4.78 is 1.80. The number of benzene rings is 1. The van der Waals surface area contributed by atoms with Gasteiger partial charge in [-0.25, -0.2) is 4.98 Å². The van der Waals surface area contributed by atoms with Gasteiger partial charge in [0.05, 0.1) is 11.9 Å². The predicted molar refractivity (Wildman–Crippen MR) is 144 cm³/mol. The van der Waals surface area contributed by atoms with Crippen molar-refractivity contribution in [2.75, 3.05) is 11.9 Å². The number of nitrogens with two attached hydrogens (primary N) is 1. The number of fused-ring (bicyclic) bond motifs is 1. The lowest BCUT2D eigenvalue weighted by Crippen LogP contribution is -2.31. The van der Waals surface area contributed by atoms with Gasteiger partial charge in [0.1, 0.15) is 5.65 Å². The average Bonchev–Trinajstić information content (AvgIpc) is 2.87. The topological polar surface area (TPSA) is 112 Å². The Morgan fingerprint density at radius 1 is 1.11 bits per heavy atom. The van der Waals surface area contributed by atoms with Gasteiger partial charge in [-0.1, -0.05) is 23.7 Å². The lowest BCUT2D eigenvalue weighted by molar-refractivity contribution is 0.295. The van der Waals surface area contributed by atoms with E-state index in [0.29, 0.717) is 46.8 Å². The second-order valence-electron chi connectivity index (χ2n) is 9.57. The second-order valence-corrected chi connectivity index (χ2v) is 9.98. The zero-order valence-corrected chi connectivity index (χ0v) is 21.3. The molecule has 8 nitrogen and oxygen atoms in total. The van der Waals surface area contributed by atoms with Crippen LogP contribution in [0.3, 0.4) is 0 Å². The number of aromatic nitrogens is 5. The van der Waals surface area contributed by atoms with Crippen LogP contribution in [0, 0.1) is 12.8 Å². The number of aryl methyl sites for hydroxylation is 1. The van der Waals surface area contributed by atoms with Gasteiger partial charge in [0.15, 0.2) is 0 Å². The molecule has 3 heterocycles. The van der Waals surface area contributed by atoms with E-state index in [2.05, 4.69) is 20.5 Å².